The molecule has 3 heterocycles. The van der Waals surface area contributed by atoms with Gasteiger partial charge in [-0.25, -0.2) is 0 Å². The van der Waals surface area contributed by atoms with Crippen LogP contribution < -0.4 is 0 Å². The number of esters is 5. The molecule has 0 bridgehead atoms. The maximum Gasteiger partial charge on any atom is 0.309 e. The minimum atomic E-state index is -1.45. The van der Waals surface area contributed by atoms with Crippen LogP contribution in [0, 0.1) is 11.8 Å². The van der Waals surface area contributed by atoms with E-state index in [1.165, 1.54) is 28.1 Å². The summed E-state index contributed by atoms with van der Waals surface area (Å²) in [4.78, 5) is 77.6. The molecule has 16 atom stereocenters. The molecule has 0 aliphatic carbocycles. The summed E-state index contributed by atoms with van der Waals surface area (Å²) in [5.74, 6) is -4.06. The van der Waals surface area contributed by atoms with Crippen LogP contribution in [0.25, 0.3) is 0 Å². The highest BCUT2D eigenvalue weighted by Crippen LogP contribution is 2.39. The Bertz CT molecular complexity index is 1620. The lowest BCUT2D eigenvalue weighted by molar-refractivity contribution is -0.344. The third kappa shape index (κ3) is 18.5. The number of carbonyl (C=O) groups is 6. The maximum absolute atomic E-state index is 13.4. The van der Waals surface area contributed by atoms with Gasteiger partial charge < -0.3 is 72.0 Å². The van der Waals surface area contributed by atoms with Crippen molar-refractivity contribution in [2.24, 2.45) is 11.8 Å². The summed E-state index contributed by atoms with van der Waals surface area (Å²) < 4.78 is 64.8. The molecule has 67 heavy (non-hydrogen) atoms. The molecule has 3 aliphatic heterocycles. The molecule has 3 rings (SSSR count). The number of ether oxygens (including phenoxy) is 11. The standard InChI is InChI=1S/C45H71NO17.C2H6O2/c1-13-34(50)59-33-23-36(52)55-26(4)18-16-15-17-19-32(58-29(7)48)25(3)22-31(20-21-47)41(42(33)54-12)62-44-39(53)38(46(10)11)40(27(5)57-44)61-37-24-45(9,63-30(8)49)43(28(6)56-37)60-35(51)14-2;1-4-2-3/h15-17,19,21,25-28,31-33,37-44,53H,13-14,18,20,22-24H2,1-12H3;3H,2H2,1H3/b16-15+,19-17+;/t25-,26-,27-,28+,31+,32+,33-,37+,38-,39-,40-,41+,42+,43+,44+,45-;/m1./s1. The van der Waals surface area contributed by atoms with E-state index in [0.717, 1.165) is 0 Å². The van der Waals surface area contributed by atoms with Crippen LogP contribution in [0.1, 0.15) is 107 Å². The van der Waals surface area contributed by atoms with Gasteiger partial charge in [0.05, 0.1) is 30.8 Å². The predicted molar refractivity (Wildman–Crippen MR) is 238 cm³/mol. The van der Waals surface area contributed by atoms with Gasteiger partial charge in [0.2, 0.25) is 0 Å². The summed E-state index contributed by atoms with van der Waals surface area (Å²) in [6, 6.07) is -0.833. The van der Waals surface area contributed by atoms with Gasteiger partial charge in [0.25, 0.3) is 0 Å². The van der Waals surface area contributed by atoms with E-state index in [-0.39, 0.29) is 38.9 Å². The van der Waals surface area contributed by atoms with Crippen LogP contribution in [0.4, 0.5) is 0 Å². The van der Waals surface area contributed by atoms with Gasteiger partial charge in [-0.2, -0.15) is 0 Å². The van der Waals surface area contributed by atoms with E-state index in [1.54, 1.807) is 84.8 Å². The molecule has 0 radical (unpaired) electrons. The predicted octanol–water partition coefficient (Wildman–Crippen LogP) is 3.49. The van der Waals surface area contributed by atoms with E-state index in [9.17, 15) is 33.9 Å². The number of hydrogen-bond donors (Lipinski definition) is 2. The van der Waals surface area contributed by atoms with Crippen molar-refractivity contribution in [2.45, 2.75) is 193 Å². The first-order valence-corrected chi connectivity index (χ1v) is 22.9. The van der Waals surface area contributed by atoms with Crippen LogP contribution in [0.2, 0.25) is 0 Å². The fourth-order valence-electron chi connectivity index (χ4n) is 8.57. The van der Waals surface area contributed by atoms with Crippen molar-refractivity contribution in [1.82, 2.24) is 4.90 Å². The van der Waals surface area contributed by atoms with Crippen molar-refractivity contribution < 1.29 is 91.1 Å². The quantitative estimate of drug-likeness (QED) is 0.103. The van der Waals surface area contributed by atoms with Gasteiger partial charge >= 0.3 is 29.8 Å². The number of likely N-dealkylation sites (N-methyl/N-ethyl adjacent to an activating group) is 1. The van der Waals surface area contributed by atoms with E-state index in [2.05, 4.69) is 4.74 Å². The first-order chi connectivity index (χ1) is 31.6. The van der Waals surface area contributed by atoms with Crippen LogP contribution in [0.15, 0.2) is 24.3 Å². The third-order valence-electron chi connectivity index (χ3n) is 11.6. The lowest BCUT2D eigenvalue weighted by Crippen LogP contribution is -2.66. The molecule has 0 spiro atoms. The molecule has 0 aromatic carbocycles. The Morgan fingerprint density at radius 1 is 0.896 bits per heavy atom. The summed E-state index contributed by atoms with van der Waals surface area (Å²) in [5.41, 5.74) is -1.33. The van der Waals surface area contributed by atoms with Gasteiger partial charge in [-0.15, -0.1) is 0 Å². The average Bonchev–Trinajstić information content (AvgIpc) is 3.24. The largest absolute Gasteiger partial charge is 0.462 e. The number of rotatable bonds is 15. The molecular weight excluding hydrogens is 883 g/mol. The van der Waals surface area contributed by atoms with Crippen molar-refractivity contribution in [3.05, 3.63) is 24.3 Å². The number of nitrogens with zero attached hydrogens (tertiary/aromatic N) is 1. The number of aliphatic hydroxyl groups is 2. The van der Waals surface area contributed by atoms with Crippen LogP contribution in [0.5, 0.6) is 0 Å². The molecule has 0 saturated carbocycles. The highest BCUT2D eigenvalue weighted by molar-refractivity contribution is 5.73. The summed E-state index contributed by atoms with van der Waals surface area (Å²) in [6.45, 7) is 14.2. The van der Waals surface area contributed by atoms with Crippen LogP contribution in [-0.2, 0) is 80.9 Å². The second kappa shape index (κ2) is 29.2. The second-order valence-corrected chi connectivity index (χ2v) is 17.5. The van der Waals surface area contributed by atoms with Crippen molar-refractivity contribution in [3.8, 4) is 0 Å². The van der Waals surface area contributed by atoms with Crippen LogP contribution >= 0.6 is 0 Å². The van der Waals surface area contributed by atoms with Crippen molar-refractivity contribution in [1.29, 1.82) is 0 Å². The van der Waals surface area contributed by atoms with Gasteiger partial charge in [-0.05, 0) is 66.1 Å². The molecule has 3 aliphatic rings. The fraction of sp³-hybridized carbons (Fsp3) is 0.787. The zero-order valence-corrected chi connectivity index (χ0v) is 41.5. The number of hydrogen-bond acceptors (Lipinski definition) is 20. The van der Waals surface area contributed by atoms with E-state index in [0.29, 0.717) is 12.7 Å². The highest BCUT2D eigenvalue weighted by atomic mass is 16.7. The zero-order chi connectivity index (χ0) is 50.6. The van der Waals surface area contributed by atoms with Crippen molar-refractivity contribution >= 4 is 36.1 Å². The molecular formula is C47H77NO19. The first kappa shape index (κ1) is 59.3. The smallest absolute Gasteiger partial charge is 0.309 e. The molecule has 0 aromatic rings. The van der Waals surface area contributed by atoms with E-state index in [4.69, 9.17) is 52.5 Å². The minimum Gasteiger partial charge on any atom is -0.462 e. The molecule has 20 heteroatoms. The number of aliphatic hydroxyl groups excluding tert-OH is 2. The Kier molecular flexibility index (Phi) is 25.9. The Labute approximate surface area is 395 Å². The van der Waals surface area contributed by atoms with Gasteiger partial charge in [0, 0.05) is 60.2 Å². The zero-order valence-electron chi connectivity index (χ0n) is 41.5. The van der Waals surface area contributed by atoms with Crippen LogP contribution in [0.3, 0.4) is 0 Å². The Morgan fingerprint density at radius 3 is 2.09 bits per heavy atom. The third-order valence-corrected chi connectivity index (χ3v) is 11.6. The van der Waals surface area contributed by atoms with E-state index >= 15 is 0 Å². The fourth-order valence-corrected chi connectivity index (χ4v) is 8.57. The topological polar surface area (TPSA) is 248 Å². The molecule has 0 aromatic heterocycles. The molecule has 0 amide bonds. The Balaban J connectivity index is 0.00000369. The number of cyclic esters (lactones) is 1. The summed E-state index contributed by atoms with van der Waals surface area (Å²) in [6.07, 6.45) is -4.48. The van der Waals surface area contributed by atoms with E-state index in [1.807, 2.05) is 6.92 Å². The van der Waals surface area contributed by atoms with Gasteiger partial charge in [0.15, 0.2) is 24.3 Å². The maximum atomic E-state index is 13.4. The van der Waals surface area contributed by atoms with Gasteiger partial charge in [-0.1, -0.05) is 39.0 Å². The number of allylic oxidation sites excluding steroid dienone is 2. The summed E-state index contributed by atoms with van der Waals surface area (Å²) >= 11 is 0. The summed E-state index contributed by atoms with van der Waals surface area (Å²) in [5, 5.41) is 19.9. The normalized spacial score (nSPS) is 36.2. The molecule has 0 unspecified atom stereocenters. The summed E-state index contributed by atoms with van der Waals surface area (Å²) in [7, 11) is 6.25. The lowest BCUT2D eigenvalue weighted by atomic mass is 9.82. The molecule has 2 saturated heterocycles. The SMILES string of the molecule is CCC(=O)O[C@@H]1CC(=O)O[C@H](C)C/C=C/C=C/[C@H](OC(C)=O)[C@H](C)C[C@H](CC=O)[C@H](O[C@@H]2O[C@H](C)[C@@H](O[C@H]3C[C@@](C)(OC(C)=O)[C@@H](OC(=O)CC)[C@H](C)O3)[C@H](N(C)C)[C@H]2O)[C@H]1OC.COCO. The molecule has 384 valence electrons. The van der Waals surface area contributed by atoms with Gasteiger partial charge in [0.1, 0.15) is 49.7 Å². The molecule has 2 N–H and O–H groups in total. The van der Waals surface area contributed by atoms with Crippen molar-refractivity contribution in [2.75, 3.05) is 35.1 Å². The van der Waals surface area contributed by atoms with E-state index < -0.39 is 133 Å². The Morgan fingerprint density at radius 2 is 1.54 bits per heavy atom. The van der Waals surface area contributed by atoms with Gasteiger partial charge in [-0.3, -0.25) is 24.0 Å². The van der Waals surface area contributed by atoms with Crippen molar-refractivity contribution in [3.63, 3.8) is 0 Å². The number of aldehydes is 1. The molecule has 2 fully saturated rings. The highest BCUT2D eigenvalue weighted by Gasteiger charge is 2.54. The Hall–Kier alpha value is -3.86. The first-order valence-electron chi connectivity index (χ1n) is 22.9. The second-order valence-electron chi connectivity index (χ2n) is 17.5. The lowest BCUT2D eigenvalue weighted by Gasteiger charge is -2.50. The number of methoxy groups -OCH3 is 2. The average molecular weight is 960 g/mol. The molecule has 20 nitrogen and oxygen atoms in total. The number of carbonyl (C=O) groups excluding carboxylic acids is 6. The monoisotopic (exact) mass is 960 g/mol. The minimum absolute atomic E-state index is 0.0260. The van der Waals surface area contributed by atoms with Crippen LogP contribution in [-0.4, -0.2) is 172 Å².